The van der Waals surface area contributed by atoms with E-state index in [1.807, 2.05) is 6.07 Å². The van der Waals surface area contributed by atoms with Gasteiger partial charge in [-0.15, -0.1) is 0 Å². The van der Waals surface area contributed by atoms with Gasteiger partial charge in [-0.2, -0.15) is 0 Å². The summed E-state index contributed by atoms with van der Waals surface area (Å²) in [4.78, 5) is 8.43. The van der Waals surface area contributed by atoms with Crippen molar-refractivity contribution < 1.29 is 17.2 Å². The molecule has 11 heteroatoms. The maximum atomic E-state index is 13.7. The number of benzene rings is 3. The number of hydrogen-bond acceptors (Lipinski definition) is 5. The van der Waals surface area contributed by atoms with Crippen LogP contribution in [0.5, 0.6) is 0 Å². The van der Waals surface area contributed by atoms with Crippen molar-refractivity contribution in [1.82, 2.24) is 9.97 Å². The molecule has 0 aliphatic heterocycles. The summed E-state index contributed by atoms with van der Waals surface area (Å²) >= 11 is 5.11. The minimum Gasteiger partial charge on any atom is -0.332 e. The number of anilines is 3. The van der Waals surface area contributed by atoms with Crippen LogP contribution in [0.1, 0.15) is 0 Å². The van der Waals surface area contributed by atoms with Crippen LogP contribution in [0.2, 0.25) is 0 Å². The van der Waals surface area contributed by atoms with Gasteiger partial charge >= 0.3 is 0 Å². The van der Waals surface area contributed by atoms with E-state index in [0.29, 0.717) is 16.7 Å². The summed E-state index contributed by atoms with van der Waals surface area (Å²) in [6, 6.07) is 15.9. The van der Waals surface area contributed by atoms with E-state index in [9.17, 15) is 17.2 Å². The number of thiocarbonyl (C=S) groups is 1. The Morgan fingerprint density at radius 3 is 2.34 bits per heavy atom. The molecule has 0 radical (unpaired) electrons. The number of nitrogens with zero attached hydrogens (tertiary/aromatic N) is 2. The number of aromatic nitrogens is 2. The maximum absolute atomic E-state index is 13.7. The van der Waals surface area contributed by atoms with Gasteiger partial charge in [-0.3, -0.25) is 9.71 Å². The normalized spacial score (nSPS) is 11.2. The van der Waals surface area contributed by atoms with Crippen LogP contribution in [-0.4, -0.2) is 23.5 Å². The lowest BCUT2D eigenvalue weighted by Gasteiger charge is -2.12. The molecular weight excluding hydrogens is 456 g/mol. The minimum absolute atomic E-state index is 0.00136. The summed E-state index contributed by atoms with van der Waals surface area (Å²) in [7, 11) is -3.90. The van der Waals surface area contributed by atoms with E-state index >= 15 is 0 Å². The Bertz CT molecular complexity index is 1410. The van der Waals surface area contributed by atoms with E-state index < -0.39 is 21.7 Å². The van der Waals surface area contributed by atoms with Gasteiger partial charge in [0.05, 0.1) is 27.8 Å². The van der Waals surface area contributed by atoms with E-state index in [-0.39, 0.29) is 21.5 Å². The zero-order valence-corrected chi connectivity index (χ0v) is 17.8. The van der Waals surface area contributed by atoms with Gasteiger partial charge in [0.15, 0.2) is 10.9 Å². The van der Waals surface area contributed by atoms with Gasteiger partial charge in [-0.25, -0.2) is 22.2 Å². The number of halogens is 2. The highest BCUT2D eigenvalue weighted by Gasteiger charge is 2.15. The highest BCUT2D eigenvalue weighted by molar-refractivity contribution is 7.92. The molecule has 1 heterocycles. The fourth-order valence-electron chi connectivity index (χ4n) is 2.80. The smallest absolute Gasteiger partial charge is 0.263 e. The standard InChI is InChI=1S/C21H15F2N5O2S2/c22-13-5-10-17(16(23)11-13)27-21(31)25-14-6-8-15(9-7-14)32(29,30)28-20-12-24-18-3-1-2-4-19(18)26-20/h1-12H,(H,26,28)(H2,25,27,31). The third kappa shape index (κ3) is 4.95. The van der Waals surface area contributed by atoms with Crippen molar-refractivity contribution in [2.75, 3.05) is 15.4 Å². The van der Waals surface area contributed by atoms with Crippen molar-refractivity contribution in [2.24, 2.45) is 0 Å². The molecule has 1 aromatic heterocycles. The van der Waals surface area contributed by atoms with Crippen LogP contribution in [0, 0.1) is 11.6 Å². The largest absolute Gasteiger partial charge is 0.332 e. The van der Waals surface area contributed by atoms with Crippen LogP contribution in [0.3, 0.4) is 0 Å². The molecule has 0 atom stereocenters. The van der Waals surface area contributed by atoms with Crippen molar-refractivity contribution in [3.8, 4) is 0 Å². The molecular formula is C21H15F2N5O2S2. The Morgan fingerprint density at radius 2 is 1.62 bits per heavy atom. The van der Waals surface area contributed by atoms with Crippen molar-refractivity contribution >= 4 is 55.6 Å². The SMILES string of the molecule is O=S(=O)(Nc1cnc2ccccc2n1)c1ccc(NC(=S)Nc2ccc(F)cc2F)cc1. The van der Waals surface area contributed by atoms with E-state index in [4.69, 9.17) is 12.2 Å². The van der Waals surface area contributed by atoms with E-state index in [2.05, 4.69) is 25.3 Å². The zero-order valence-electron chi connectivity index (χ0n) is 16.2. The Balaban J connectivity index is 1.44. The van der Waals surface area contributed by atoms with E-state index in [0.717, 1.165) is 12.1 Å². The van der Waals surface area contributed by atoms with Crippen molar-refractivity contribution in [3.05, 3.63) is 84.6 Å². The fourth-order valence-corrected chi connectivity index (χ4v) is 4.01. The van der Waals surface area contributed by atoms with Gasteiger partial charge < -0.3 is 10.6 Å². The van der Waals surface area contributed by atoms with Gasteiger partial charge in [-0.05, 0) is 60.7 Å². The molecule has 0 fully saturated rings. The summed E-state index contributed by atoms with van der Waals surface area (Å²) < 4.78 is 54.5. The Hall–Kier alpha value is -3.70. The van der Waals surface area contributed by atoms with Crippen LogP contribution >= 0.6 is 12.2 Å². The maximum Gasteiger partial charge on any atom is 0.263 e. The monoisotopic (exact) mass is 471 g/mol. The lowest BCUT2D eigenvalue weighted by molar-refractivity contribution is 0.586. The number of hydrogen-bond donors (Lipinski definition) is 3. The minimum atomic E-state index is -3.90. The predicted molar refractivity (Wildman–Crippen MR) is 123 cm³/mol. The first kappa shape index (κ1) is 21.5. The van der Waals surface area contributed by atoms with Gasteiger partial charge in [0.2, 0.25) is 0 Å². The number of fused-ring (bicyclic) bond motifs is 1. The average molecular weight is 472 g/mol. The van der Waals surface area contributed by atoms with Crippen molar-refractivity contribution in [1.29, 1.82) is 0 Å². The number of sulfonamides is 1. The molecule has 0 spiro atoms. The molecule has 0 amide bonds. The topological polar surface area (TPSA) is 96.0 Å². The molecule has 4 rings (SSSR count). The second-order valence-electron chi connectivity index (χ2n) is 6.58. The first-order valence-corrected chi connectivity index (χ1v) is 11.1. The Labute approximate surface area is 187 Å². The second-order valence-corrected chi connectivity index (χ2v) is 8.67. The van der Waals surface area contributed by atoms with Crippen LogP contribution < -0.4 is 15.4 Å². The van der Waals surface area contributed by atoms with Crippen molar-refractivity contribution in [2.45, 2.75) is 4.90 Å². The van der Waals surface area contributed by atoms with Crippen molar-refractivity contribution in [3.63, 3.8) is 0 Å². The lowest BCUT2D eigenvalue weighted by atomic mass is 10.3. The predicted octanol–water partition coefficient (Wildman–Crippen LogP) is 4.52. The van der Waals surface area contributed by atoms with Crippen LogP contribution in [-0.2, 0) is 10.0 Å². The fraction of sp³-hybridized carbons (Fsp3) is 0. The molecule has 0 aliphatic carbocycles. The number of nitrogens with one attached hydrogen (secondary N) is 3. The number of para-hydroxylation sites is 2. The summed E-state index contributed by atoms with van der Waals surface area (Å²) in [5.74, 6) is -1.40. The van der Waals surface area contributed by atoms with Gasteiger partial charge in [0.25, 0.3) is 10.0 Å². The first-order valence-electron chi connectivity index (χ1n) is 9.18. The average Bonchev–Trinajstić information content (AvgIpc) is 2.76. The lowest BCUT2D eigenvalue weighted by Crippen LogP contribution is -2.20. The zero-order chi connectivity index (χ0) is 22.7. The molecule has 0 unspecified atom stereocenters. The molecule has 32 heavy (non-hydrogen) atoms. The van der Waals surface area contributed by atoms with Gasteiger partial charge in [0, 0.05) is 11.8 Å². The molecule has 162 valence electrons. The summed E-state index contributed by atoms with van der Waals surface area (Å²) in [5.41, 5.74) is 1.68. The molecule has 3 aromatic carbocycles. The molecule has 4 aromatic rings. The summed E-state index contributed by atoms with van der Waals surface area (Å²) in [6.07, 6.45) is 1.34. The summed E-state index contributed by atoms with van der Waals surface area (Å²) in [6.45, 7) is 0. The van der Waals surface area contributed by atoms with Gasteiger partial charge in [0.1, 0.15) is 11.6 Å². The second kappa shape index (κ2) is 8.81. The third-order valence-corrected chi connectivity index (χ3v) is 5.86. The molecule has 7 nitrogen and oxygen atoms in total. The molecule has 0 saturated heterocycles. The summed E-state index contributed by atoms with van der Waals surface area (Å²) in [5, 5.41) is 5.47. The highest BCUT2D eigenvalue weighted by Crippen LogP contribution is 2.20. The highest BCUT2D eigenvalue weighted by atomic mass is 32.2. The molecule has 0 bridgehead atoms. The van der Waals surface area contributed by atoms with Gasteiger partial charge in [-0.1, -0.05) is 12.1 Å². The van der Waals surface area contributed by atoms with Crippen LogP contribution in [0.25, 0.3) is 11.0 Å². The quantitative estimate of drug-likeness (QED) is 0.369. The van der Waals surface area contributed by atoms with Crippen LogP contribution in [0.4, 0.5) is 26.0 Å². The Morgan fingerprint density at radius 1 is 0.906 bits per heavy atom. The van der Waals surface area contributed by atoms with Crippen LogP contribution in [0.15, 0.2) is 77.8 Å². The molecule has 0 aliphatic rings. The molecule has 3 N–H and O–H groups in total. The number of rotatable bonds is 5. The van der Waals surface area contributed by atoms with E-state index in [1.54, 1.807) is 18.2 Å². The van der Waals surface area contributed by atoms with E-state index in [1.165, 1.54) is 36.5 Å². The third-order valence-electron chi connectivity index (χ3n) is 4.29. The first-order chi connectivity index (χ1) is 15.3. The Kier molecular flexibility index (Phi) is 5.93. The molecule has 0 saturated carbocycles.